The molecule has 58 valence electrons. The SMILES string of the molecule is O=C(O)C1NCCCC1Br. The highest BCUT2D eigenvalue weighted by atomic mass is 79.9. The van der Waals surface area contributed by atoms with Gasteiger partial charge in [0.1, 0.15) is 6.04 Å². The molecule has 1 heterocycles. The van der Waals surface area contributed by atoms with Crippen LogP contribution in [0.25, 0.3) is 0 Å². The predicted molar refractivity (Wildman–Crippen MR) is 41.4 cm³/mol. The molecule has 3 nitrogen and oxygen atoms in total. The molecular formula is C6H10BrNO2. The summed E-state index contributed by atoms with van der Waals surface area (Å²) in [5, 5.41) is 11.5. The summed E-state index contributed by atoms with van der Waals surface area (Å²) in [7, 11) is 0. The van der Waals surface area contributed by atoms with Crippen molar-refractivity contribution in [2.75, 3.05) is 6.54 Å². The van der Waals surface area contributed by atoms with Crippen molar-refractivity contribution in [2.45, 2.75) is 23.7 Å². The molecule has 0 aromatic carbocycles. The fraction of sp³-hybridized carbons (Fsp3) is 0.833. The fourth-order valence-corrected chi connectivity index (χ4v) is 1.83. The molecule has 0 spiro atoms. The van der Waals surface area contributed by atoms with Crippen molar-refractivity contribution in [1.29, 1.82) is 0 Å². The molecular weight excluding hydrogens is 198 g/mol. The van der Waals surface area contributed by atoms with Gasteiger partial charge in [0, 0.05) is 4.83 Å². The number of carboxylic acid groups (broad SMARTS) is 1. The fourth-order valence-electron chi connectivity index (χ4n) is 1.09. The molecule has 0 radical (unpaired) electrons. The number of carboxylic acids is 1. The van der Waals surface area contributed by atoms with Gasteiger partial charge in [-0.15, -0.1) is 0 Å². The summed E-state index contributed by atoms with van der Waals surface area (Å²) in [6.45, 7) is 0.819. The Hall–Kier alpha value is -0.0900. The molecule has 1 rings (SSSR count). The van der Waals surface area contributed by atoms with Crippen molar-refractivity contribution in [3.63, 3.8) is 0 Å². The van der Waals surface area contributed by atoms with Gasteiger partial charge in [-0.2, -0.15) is 0 Å². The summed E-state index contributed by atoms with van der Waals surface area (Å²) in [5.41, 5.74) is 0. The second-order valence-electron chi connectivity index (χ2n) is 2.43. The highest BCUT2D eigenvalue weighted by Gasteiger charge is 2.27. The van der Waals surface area contributed by atoms with Crippen molar-refractivity contribution >= 4 is 21.9 Å². The molecule has 4 heteroatoms. The van der Waals surface area contributed by atoms with E-state index >= 15 is 0 Å². The van der Waals surface area contributed by atoms with Crippen LogP contribution in [0.3, 0.4) is 0 Å². The number of rotatable bonds is 1. The zero-order chi connectivity index (χ0) is 7.56. The Bertz CT molecular complexity index is 140. The third-order valence-corrected chi connectivity index (χ3v) is 2.64. The smallest absolute Gasteiger partial charge is 0.321 e. The second kappa shape index (κ2) is 3.34. The Morgan fingerprint density at radius 3 is 2.80 bits per heavy atom. The predicted octanol–water partition coefficient (Wildman–Crippen LogP) is 0.586. The first-order valence-electron chi connectivity index (χ1n) is 3.32. The molecule has 1 aliphatic heterocycles. The molecule has 1 saturated heterocycles. The highest BCUT2D eigenvalue weighted by Crippen LogP contribution is 2.16. The Morgan fingerprint density at radius 2 is 2.40 bits per heavy atom. The minimum atomic E-state index is -0.762. The van der Waals surface area contributed by atoms with Crippen LogP contribution >= 0.6 is 15.9 Å². The summed E-state index contributed by atoms with van der Waals surface area (Å²) in [4.78, 5) is 10.6. The van der Waals surface area contributed by atoms with Crippen molar-refractivity contribution < 1.29 is 9.90 Å². The van der Waals surface area contributed by atoms with Crippen LogP contribution in [-0.2, 0) is 4.79 Å². The number of alkyl halides is 1. The molecule has 1 aliphatic rings. The molecule has 0 bridgehead atoms. The summed E-state index contributed by atoms with van der Waals surface area (Å²) in [6.07, 6.45) is 2.00. The topological polar surface area (TPSA) is 49.3 Å². The maximum absolute atomic E-state index is 10.5. The lowest BCUT2D eigenvalue weighted by atomic mass is 10.1. The van der Waals surface area contributed by atoms with E-state index in [4.69, 9.17) is 5.11 Å². The van der Waals surface area contributed by atoms with E-state index in [1.54, 1.807) is 0 Å². The van der Waals surface area contributed by atoms with Gasteiger partial charge in [0.15, 0.2) is 0 Å². The second-order valence-corrected chi connectivity index (χ2v) is 3.60. The summed E-state index contributed by atoms with van der Waals surface area (Å²) in [5.74, 6) is -0.762. The van der Waals surface area contributed by atoms with E-state index in [9.17, 15) is 4.79 Å². The van der Waals surface area contributed by atoms with E-state index in [-0.39, 0.29) is 4.83 Å². The maximum Gasteiger partial charge on any atom is 0.321 e. The molecule has 0 amide bonds. The van der Waals surface area contributed by atoms with Gasteiger partial charge >= 0.3 is 5.97 Å². The molecule has 0 aromatic rings. The molecule has 2 unspecified atom stereocenters. The van der Waals surface area contributed by atoms with Gasteiger partial charge in [-0.3, -0.25) is 4.79 Å². The van der Waals surface area contributed by atoms with Gasteiger partial charge in [0.25, 0.3) is 0 Å². The Labute approximate surface area is 67.9 Å². The van der Waals surface area contributed by atoms with E-state index in [0.29, 0.717) is 0 Å². The minimum Gasteiger partial charge on any atom is -0.480 e. The van der Waals surface area contributed by atoms with Crippen LogP contribution < -0.4 is 5.32 Å². The third kappa shape index (κ3) is 1.70. The zero-order valence-corrected chi connectivity index (χ0v) is 7.10. The third-order valence-electron chi connectivity index (χ3n) is 1.65. The van der Waals surface area contributed by atoms with Crippen molar-refractivity contribution in [1.82, 2.24) is 5.32 Å². The van der Waals surface area contributed by atoms with Gasteiger partial charge in [-0.1, -0.05) is 15.9 Å². The molecule has 0 aliphatic carbocycles. The van der Waals surface area contributed by atoms with Crippen LogP contribution in [-0.4, -0.2) is 28.5 Å². The van der Waals surface area contributed by atoms with E-state index in [0.717, 1.165) is 19.4 Å². The molecule has 2 atom stereocenters. The number of hydrogen-bond donors (Lipinski definition) is 2. The van der Waals surface area contributed by atoms with E-state index < -0.39 is 12.0 Å². The van der Waals surface area contributed by atoms with Crippen LogP contribution in [0.5, 0.6) is 0 Å². The Morgan fingerprint density at radius 1 is 1.70 bits per heavy atom. The molecule has 1 fully saturated rings. The normalized spacial score (nSPS) is 33.7. The lowest BCUT2D eigenvalue weighted by Gasteiger charge is -2.24. The van der Waals surface area contributed by atoms with Crippen LogP contribution in [0.1, 0.15) is 12.8 Å². The maximum atomic E-state index is 10.5. The Kier molecular flexibility index (Phi) is 2.68. The van der Waals surface area contributed by atoms with Gasteiger partial charge in [0.05, 0.1) is 0 Å². The monoisotopic (exact) mass is 207 g/mol. The van der Waals surface area contributed by atoms with E-state index in [1.165, 1.54) is 0 Å². The lowest BCUT2D eigenvalue weighted by molar-refractivity contribution is -0.139. The van der Waals surface area contributed by atoms with Crippen LogP contribution in [0, 0.1) is 0 Å². The Balaban J connectivity index is 2.47. The molecule has 2 N–H and O–H groups in total. The van der Waals surface area contributed by atoms with Gasteiger partial charge in [0.2, 0.25) is 0 Å². The molecule has 0 saturated carbocycles. The van der Waals surface area contributed by atoms with Gasteiger partial charge in [-0.05, 0) is 19.4 Å². The first kappa shape index (κ1) is 8.01. The zero-order valence-electron chi connectivity index (χ0n) is 5.51. The van der Waals surface area contributed by atoms with Gasteiger partial charge < -0.3 is 10.4 Å². The van der Waals surface area contributed by atoms with Crippen molar-refractivity contribution in [3.8, 4) is 0 Å². The number of halogens is 1. The number of hydrogen-bond acceptors (Lipinski definition) is 2. The number of piperidine rings is 1. The number of nitrogens with one attached hydrogen (secondary N) is 1. The van der Waals surface area contributed by atoms with Crippen LogP contribution in [0.2, 0.25) is 0 Å². The van der Waals surface area contributed by atoms with Crippen molar-refractivity contribution in [2.24, 2.45) is 0 Å². The quantitative estimate of drug-likeness (QED) is 0.620. The molecule has 10 heavy (non-hydrogen) atoms. The number of carbonyl (C=O) groups is 1. The lowest BCUT2D eigenvalue weighted by Crippen LogP contribution is -2.47. The average Bonchev–Trinajstić information content (AvgIpc) is 1.88. The number of aliphatic carboxylic acids is 1. The highest BCUT2D eigenvalue weighted by molar-refractivity contribution is 9.09. The standard InChI is InChI=1S/C6H10BrNO2/c7-4-2-1-3-8-5(4)6(9)10/h4-5,8H,1-3H2,(H,9,10). The van der Waals surface area contributed by atoms with Crippen LogP contribution in [0.4, 0.5) is 0 Å². The largest absolute Gasteiger partial charge is 0.480 e. The van der Waals surface area contributed by atoms with Crippen LogP contribution in [0.15, 0.2) is 0 Å². The first-order chi connectivity index (χ1) is 4.72. The molecule has 0 aromatic heterocycles. The summed E-state index contributed by atoms with van der Waals surface area (Å²) >= 11 is 3.31. The van der Waals surface area contributed by atoms with E-state index in [2.05, 4.69) is 21.2 Å². The average molecular weight is 208 g/mol. The van der Waals surface area contributed by atoms with Crippen molar-refractivity contribution in [3.05, 3.63) is 0 Å². The first-order valence-corrected chi connectivity index (χ1v) is 4.23. The minimum absolute atomic E-state index is 0.0961. The summed E-state index contributed by atoms with van der Waals surface area (Å²) in [6, 6.07) is -0.395. The van der Waals surface area contributed by atoms with Gasteiger partial charge in [-0.25, -0.2) is 0 Å². The van der Waals surface area contributed by atoms with E-state index in [1.807, 2.05) is 0 Å². The summed E-state index contributed by atoms with van der Waals surface area (Å²) < 4.78 is 0.